The van der Waals surface area contributed by atoms with Crippen molar-refractivity contribution in [2.75, 3.05) is 12.1 Å². The number of anilines is 1. The van der Waals surface area contributed by atoms with Gasteiger partial charge in [-0.2, -0.15) is 0 Å². The highest BCUT2D eigenvalue weighted by atomic mass is 35.5. The Balaban J connectivity index is 1.79. The molecule has 2 aromatic carbocycles. The van der Waals surface area contributed by atoms with Crippen LogP contribution in [0, 0.1) is 0 Å². The molecule has 0 fully saturated rings. The van der Waals surface area contributed by atoms with Crippen molar-refractivity contribution in [3.8, 4) is 11.5 Å². The fourth-order valence-corrected chi connectivity index (χ4v) is 2.24. The molecule has 1 aliphatic heterocycles. The molecule has 0 saturated heterocycles. The van der Waals surface area contributed by atoms with Gasteiger partial charge in [0.15, 0.2) is 11.5 Å². The smallest absolute Gasteiger partial charge is 0.245 e. The van der Waals surface area contributed by atoms with Crippen LogP contribution in [0.25, 0.3) is 0 Å². The molecule has 3 rings (SSSR count). The maximum Gasteiger partial charge on any atom is 0.245 e. The summed E-state index contributed by atoms with van der Waals surface area (Å²) < 4.78 is 10.5. The minimum atomic E-state index is -0.771. The van der Waals surface area contributed by atoms with E-state index >= 15 is 0 Å². The lowest BCUT2D eigenvalue weighted by atomic mass is 10.1. The first-order valence-corrected chi connectivity index (χ1v) is 6.73. The lowest BCUT2D eigenvalue weighted by molar-refractivity contribution is -0.117. The summed E-state index contributed by atoms with van der Waals surface area (Å²) in [5.74, 6) is 0.760. The first kappa shape index (κ1) is 13.7. The Labute approximate surface area is 126 Å². The van der Waals surface area contributed by atoms with Gasteiger partial charge in [-0.15, -0.1) is 0 Å². The lowest BCUT2D eigenvalue weighted by Gasteiger charge is -2.13. The molecule has 0 spiro atoms. The van der Waals surface area contributed by atoms with Crippen molar-refractivity contribution >= 4 is 23.2 Å². The average Bonchev–Trinajstić information content (AvgIpc) is 2.94. The monoisotopic (exact) mass is 304 g/mol. The van der Waals surface area contributed by atoms with Gasteiger partial charge in [0, 0.05) is 12.1 Å². The number of benzene rings is 2. The van der Waals surface area contributed by atoms with Crippen LogP contribution in [-0.4, -0.2) is 12.7 Å². The van der Waals surface area contributed by atoms with Gasteiger partial charge >= 0.3 is 0 Å². The number of fused-ring (bicyclic) bond motifs is 1. The molecule has 6 heteroatoms. The molecule has 0 aromatic heterocycles. The van der Waals surface area contributed by atoms with Gasteiger partial charge in [-0.1, -0.05) is 41.9 Å². The standard InChI is InChI=1S/C15H13ClN2O3/c16-10-6-12-13(21-8-20-12)7-11(10)18-15(19)14(17)9-4-2-1-3-5-9/h1-7,14H,8,17H2,(H,18,19)/t14-/m1/s1. The number of carbonyl (C=O) groups is 1. The van der Waals surface area contributed by atoms with Crippen LogP contribution in [0.2, 0.25) is 5.02 Å². The van der Waals surface area contributed by atoms with Crippen LogP contribution < -0.4 is 20.5 Å². The van der Waals surface area contributed by atoms with Crippen molar-refractivity contribution in [3.63, 3.8) is 0 Å². The summed E-state index contributed by atoms with van der Waals surface area (Å²) in [6, 6.07) is 11.6. The van der Waals surface area contributed by atoms with Crippen LogP contribution in [0.4, 0.5) is 5.69 Å². The molecule has 1 heterocycles. The Morgan fingerprint density at radius 2 is 1.86 bits per heavy atom. The quantitative estimate of drug-likeness (QED) is 0.914. The van der Waals surface area contributed by atoms with Gasteiger partial charge in [0.1, 0.15) is 6.04 Å². The zero-order valence-electron chi connectivity index (χ0n) is 11.0. The van der Waals surface area contributed by atoms with Crippen LogP contribution in [0.3, 0.4) is 0 Å². The van der Waals surface area contributed by atoms with Crippen LogP contribution in [0.5, 0.6) is 11.5 Å². The Bertz CT molecular complexity index is 676. The number of halogens is 1. The second-order valence-electron chi connectivity index (χ2n) is 4.56. The largest absolute Gasteiger partial charge is 0.454 e. The SMILES string of the molecule is N[C@@H](C(=O)Nc1cc2c(cc1Cl)OCO2)c1ccccc1. The number of amides is 1. The normalized spacial score (nSPS) is 13.8. The summed E-state index contributed by atoms with van der Waals surface area (Å²) in [4.78, 5) is 12.2. The highest BCUT2D eigenvalue weighted by Gasteiger charge is 2.20. The van der Waals surface area contributed by atoms with Crippen molar-refractivity contribution < 1.29 is 14.3 Å². The fraction of sp³-hybridized carbons (Fsp3) is 0.133. The number of nitrogens with one attached hydrogen (secondary N) is 1. The fourth-order valence-electron chi connectivity index (χ4n) is 2.04. The maximum atomic E-state index is 12.2. The van der Waals surface area contributed by atoms with Gasteiger partial charge in [0.05, 0.1) is 10.7 Å². The topological polar surface area (TPSA) is 73.6 Å². The molecule has 0 saturated carbocycles. The summed E-state index contributed by atoms with van der Waals surface area (Å²) in [7, 11) is 0. The summed E-state index contributed by atoms with van der Waals surface area (Å²) in [5, 5.41) is 3.08. The number of ether oxygens (including phenoxy) is 2. The van der Waals surface area contributed by atoms with Gasteiger partial charge in [-0.25, -0.2) is 0 Å². The molecule has 21 heavy (non-hydrogen) atoms. The minimum absolute atomic E-state index is 0.145. The molecule has 3 N–H and O–H groups in total. The highest BCUT2D eigenvalue weighted by Crippen LogP contribution is 2.39. The molecule has 1 aliphatic rings. The van der Waals surface area contributed by atoms with E-state index < -0.39 is 6.04 Å². The second-order valence-corrected chi connectivity index (χ2v) is 4.97. The van der Waals surface area contributed by atoms with Crippen LogP contribution >= 0.6 is 11.6 Å². The van der Waals surface area contributed by atoms with E-state index in [0.717, 1.165) is 5.56 Å². The zero-order valence-corrected chi connectivity index (χ0v) is 11.8. The van der Waals surface area contributed by atoms with Gasteiger partial charge in [-0.3, -0.25) is 4.79 Å². The molecule has 1 atom stereocenters. The van der Waals surface area contributed by atoms with Crippen molar-refractivity contribution in [2.45, 2.75) is 6.04 Å². The van der Waals surface area contributed by atoms with Crippen molar-refractivity contribution in [1.82, 2.24) is 0 Å². The Morgan fingerprint density at radius 1 is 1.19 bits per heavy atom. The van der Waals surface area contributed by atoms with E-state index in [0.29, 0.717) is 22.2 Å². The average molecular weight is 305 g/mol. The number of hydrogen-bond acceptors (Lipinski definition) is 4. The first-order chi connectivity index (χ1) is 10.1. The molecule has 0 bridgehead atoms. The molecule has 2 aromatic rings. The number of carbonyl (C=O) groups excluding carboxylic acids is 1. The summed E-state index contributed by atoms with van der Waals surface area (Å²) in [5.41, 5.74) is 7.11. The van der Waals surface area contributed by atoms with Gasteiger partial charge in [0.25, 0.3) is 0 Å². The Morgan fingerprint density at radius 3 is 2.57 bits per heavy atom. The molecular formula is C15H13ClN2O3. The predicted molar refractivity (Wildman–Crippen MR) is 79.6 cm³/mol. The molecule has 0 unspecified atom stereocenters. The molecule has 0 radical (unpaired) electrons. The molecule has 108 valence electrons. The minimum Gasteiger partial charge on any atom is -0.454 e. The highest BCUT2D eigenvalue weighted by molar-refractivity contribution is 6.34. The van der Waals surface area contributed by atoms with E-state index in [-0.39, 0.29) is 12.7 Å². The summed E-state index contributed by atoms with van der Waals surface area (Å²) >= 11 is 6.11. The number of rotatable bonds is 3. The van der Waals surface area contributed by atoms with E-state index in [2.05, 4.69) is 5.32 Å². The van der Waals surface area contributed by atoms with Gasteiger partial charge in [-0.05, 0) is 5.56 Å². The lowest BCUT2D eigenvalue weighted by Crippen LogP contribution is -2.27. The zero-order chi connectivity index (χ0) is 14.8. The summed E-state index contributed by atoms with van der Waals surface area (Å²) in [6.45, 7) is 0.145. The molecular weight excluding hydrogens is 292 g/mol. The third-order valence-corrected chi connectivity index (χ3v) is 3.47. The third kappa shape index (κ3) is 2.79. The number of nitrogens with two attached hydrogens (primary N) is 1. The maximum absolute atomic E-state index is 12.2. The van der Waals surface area contributed by atoms with E-state index in [4.69, 9.17) is 26.8 Å². The predicted octanol–water partition coefficient (Wildman–Crippen LogP) is 2.71. The van der Waals surface area contributed by atoms with Crippen LogP contribution in [0.15, 0.2) is 42.5 Å². The van der Waals surface area contributed by atoms with Gasteiger partial charge < -0.3 is 20.5 Å². The van der Waals surface area contributed by atoms with Crippen LogP contribution in [-0.2, 0) is 4.79 Å². The summed E-state index contributed by atoms with van der Waals surface area (Å²) in [6.07, 6.45) is 0. The Hall–Kier alpha value is -2.24. The number of hydrogen-bond donors (Lipinski definition) is 2. The van der Waals surface area contributed by atoms with Crippen molar-refractivity contribution in [3.05, 3.63) is 53.1 Å². The molecule has 0 aliphatic carbocycles. The molecule has 5 nitrogen and oxygen atoms in total. The van der Waals surface area contributed by atoms with E-state index in [1.807, 2.05) is 18.2 Å². The van der Waals surface area contributed by atoms with Crippen LogP contribution in [0.1, 0.15) is 11.6 Å². The second kappa shape index (κ2) is 5.63. The van der Waals surface area contributed by atoms with Crippen molar-refractivity contribution in [2.24, 2.45) is 5.73 Å². The van der Waals surface area contributed by atoms with E-state index in [1.165, 1.54) is 0 Å². The Kier molecular flexibility index (Phi) is 3.68. The third-order valence-electron chi connectivity index (χ3n) is 3.16. The van der Waals surface area contributed by atoms with Crippen molar-refractivity contribution in [1.29, 1.82) is 0 Å². The first-order valence-electron chi connectivity index (χ1n) is 6.35. The molecule has 1 amide bonds. The van der Waals surface area contributed by atoms with Gasteiger partial charge in [0.2, 0.25) is 12.7 Å². The van der Waals surface area contributed by atoms with E-state index in [9.17, 15) is 4.79 Å². The van der Waals surface area contributed by atoms with E-state index in [1.54, 1.807) is 24.3 Å².